The van der Waals surface area contributed by atoms with Crippen LogP contribution >= 0.6 is 12.6 Å². The third-order valence-corrected chi connectivity index (χ3v) is 1.86. The second kappa shape index (κ2) is 1.56. The minimum absolute atomic E-state index is 0.816. The van der Waals surface area contributed by atoms with Crippen molar-refractivity contribution in [2.45, 2.75) is 23.5 Å². The summed E-state index contributed by atoms with van der Waals surface area (Å²) in [5.74, 6) is -7.71. The molecule has 54 valence electrons. The third kappa shape index (κ3) is 0.738. The molecule has 1 rings (SSSR count). The maximum absolute atomic E-state index is 11.9. The molecule has 1 aliphatic carbocycles. The van der Waals surface area contributed by atoms with Crippen LogP contribution in [0.5, 0.6) is 0 Å². The summed E-state index contributed by atoms with van der Waals surface area (Å²) < 4.78 is 47.3. The highest BCUT2D eigenvalue weighted by molar-refractivity contribution is 7.81. The smallest absolute Gasteiger partial charge is 0.200 e. The lowest BCUT2D eigenvalue weighted by Gasteiger charge is -2.40. The second-order valence-corrected chi connectivity index (χ2v) is 2.67. The molecule has 0 saturated heterocycles. The summed E-state index contributed by atoms with van der Waals surface area (Å²) in [4.78, 5) is 0. The molecular formula is C4H4F4S. The first-order valence-electron chi connectivity index (χ1n) is 2.31. The van der Waals surface area contributed by atoms with Gasteiger partial charge in [-0.1, -0.05) is 0 Å². The monoisotopic (exact) mass is 160 g/mol. The summed E-state index contributed by atoms with van der Waals surface area (Å²) in [6, 6.07) is 0. The Hall–Kier alpha value is 0.0700. The van der Waals surface area contributed by atoms with Gasteiger partial charge in [-0.05, 0) is 0 Å². The molecule has 0 N–H and O–H groups in total. The summed E-state index contributed by atoms with van der Waals surface area (Å²) in [6.45, 7) is 0. The summed E-state index contributed by atoms with van der Waals surface area (Å²) in [5.41, 5.74) is 0. The van der Waals surface area contributed by atoms with Crippen molar-refractivity contribution < 1.29 is 17.6 Å². The van der Waals surface area contributed by atoms with Crippen molar-refractivity contribution in [3.63, 3.8) is 0 Å². The fraction of sp³-hybridized carbons (Fsp3) is 1.00. The van der Waals surface area contributed by atoms with Gasteiger partial charge in [0.2, 0.25) is 0 Å². The Morgan fingerprint density at radius 3 is 1.67 bits per heavy atom. The maximum atomic E-state index is 11.9. The van der Waals surface area contributed by atoms with Gasteiger partial charge in [-0.2, -0.15) is 30.2 Å². The van der Waals surface area contributed by atoms with Crippen LogP contribution in [0.3, 0.4) is 0 Å². The minimum atomic E-state index is -3.89. The molecule has 9 heavy (non-hydrogen) atoms. The van der Waals surface area contributed by atoms with Crippen molar-refractivity contribution >= 4 is 12.6 Å². The quantitative estimate of drug-likeness (QED) is 0.406. The van der Waals surface area contributed by atoms with Crippen LogP contribution in [-0.2, 0) is 0 Å². The number of alkyl halides is 4. The van der Waals surface area contributed by atoms with Crippen molar-refractivity contribution in [3.05, 3.63) is 0 Å². The van der Waals surface area contributed by atoms with Crippen LogP contribution in [0.25, 0.3) is 0 Å². The average Bonchev–Trinajstić information content (AvgIpc) is 1.65. The fourth-order valence-electron chi connectivity index (χ4n) is 0.620. The van der Waals surface area contributed by atoms with E-state index in [1.807, 2.05) is 0 Å². The van der Waals surface area contributed by atoms with E-state index in [0.29, 0.717) is 0 Å². The van der Waals surface area contributed by atoms with Gasteiger partial charge in [0.15, 0.2) is 0 Å². The summed E-state index contributed by atoms with van der Waals surface area (Å²) in [5, 5.41) is -1.47. The van der Waals surface area contributed by atoms with Gasteiger partial charge in [0, 0.05) is 6.42 Å². The Labute approximate surface area is 54.6 Å². The molecule has 0 heterocycles. The van der Waals surface area contributed by atoms with Crippen LogP contribution in [0.2, 0.25) is 0 Å². The largest absolute Gasteiger partial charge is 0.321 e. The molecule has 1 saturated carbocycles. The molecule has 5 heteroatoms. The highest BCUT2D eigenvalue weighted by atomic mass is 32.1. The number of hydrogen-bond donors (Lipinski definition) is 1. The number of thiol groups is 1. The van der Waals surface area contributed by atoms with E-state index in [1.165, 1.54) is 0 Å². The van der Waals surface area contributed by atoms with Gasteiger partial charge in [0.05, 0.1) is 5.25 Å². The maximum Gasteiger partial charge on any atom is 0.321 e. The molecule has 0 radical (unpaired) electrons. The van der Waals surface area contributed by atoms with E-state index in [9.17, 15) is 17.6 Å². The molecule has 1 atom stereocenters. The molecule has 0 aromatic rings. The summed E-state index contributed by atoms with van der Waals surface area (Å²) >= 11 is 3.25. The van der Waals surface area contributed by atoms with Gasteiger partial charge in [-0.15, -0.1) is 0 Å². The van der Waals surface area contributed by atoms with Crippen LogP contribution in [0, 0.1) is 0 Å². The van der Waals surface area contributed by atoms with Crippen LogP contribution in [0.1, 0.15) is 6.42 Å². The zero-order valence-corrected chi connectivity index (χ0v) is 5.14. The molecule has 0 nitrogen and oxygen atoms in total. The van der Waals surface area contributed by atoms with Gasteiger partial charge in [-0.3, -0.25) is 0 Å². The molecule has 0 bridgehead atoms. The standard InChI is InChI=1S/C4H4F4S/c5-3(6)1-2(9)4(3,7)8/h2,9H,1H2. The highest BCUT2D eigenvalue weighted by Crippen LogP contribution is 2.53. The summed E-state index contributed by atoms with van der Waals surface area (Å²) in [6.07, 6.45) is -0.816. The molecule has 0 aromatic carbocycles. The normalized spacial score (nSPS) is 37.7. The molecule has 0 aromatic heterocycles. The molecule has 1 fully saturated rings. The van der Waals surface area contributed by atoms with Crippen LogP contribution in [0.15, 0.2) is 0 Å². The fourth-order valence-corrected chi connectivity index (χ4v) is 1.04. The van der Waals surface area contributed by atoms with E-state index in [4.69, 9.17) is 0 Å². The van der Waals surface area contributed by atoms with Crippen molar-refractivity contribution in [2.75, 3.05) is 0 Å². The number of rotatable bonds is 0. The van der Waals surface area contributed by atoms with Crippen molar-refractivity contribution in [2.24, 2.45) is 0 Å². The van der Waals surface area contributed by atoms with E-state index in [-0.39, 0.29) is 0 Å². The SMILES string of the molecule is FC1(F)CC(S)C1(F)F. The van der Waals surface area contributed by atoms with Crippen molar-refractivity contribution in [3.8, 4) is 0 Å². The first kappa shape index (κ1) is 7.18. The second-order valence-electron chi connectivity index (χ2n) is 2.05. The first-order valence-corrected chi connectivity index (χ1v) is 2.83. The molecule has 0 amide bonds. The van der Waals surface area contributed by atoms with Gasteiger partial charge in [0.1, 0.15) is 0 Å². The van der Waals surface area contributed by atoms with E-state index >= 15 is 0 Å². The van der Waals surface area contributed by atoms with E-state index < -0.39 is 23.5 Å². The lowest BCUT2D eigenvalue weighted by atomic mass is 9.89. The van der Waals surface area contributed by atoms with E-state index in [0.717, 1.165) is 0 Å². The average molecular weight is 160 g/mol. The first-order chi connectivity index (χ1) is 3.88. The highest BCUT2D eigenvalue weighted by Gasteiger charge is 2.70. The van der Waals surface area contributed by atoms with Crippen molar-refractivity contribution in [1.82, 2.24) is 0 Å². The number of halogens is 4. The topological polar surface area (TPSA) is 0 Å². The molecule has 1 aliphatic rings. The zero-order chi connectivity index (χ0) is 7.28. The predicted octanol–water partition coefficient (Wildman–Crippen LogP) is 1.96. The zero-order valence-electron chi connectivity index (χ0n) is 4.24. The van der Waals surface area contributed by atoms with Crippen LogP contribution in [-0.4, -0.2) is 17.1 Å². The summed E-state index contributed by atoms with van der Waals surface area (Å²) in [7, 11) is 0. The minimum Gasteiger partial charge on any atom is -0.200 e. The van der Waals surface area contributed by atoms with Crippen LogP contribution < -0.4 is 0 Å². The van der Waals surface area contributed by atoms with Crippen LogP contribution in [0.4, 0.5) is 17.6 Å². The molecule has 0 aliphatic heterocycles. The number of hydrogen-bond acceptors (Lipinski definition) is 1. The molecule has 1 unspecified atom stereocenters. The predicted molar refractivity (Wildman–Crippen MR) is 27.3 cm³/mol. The Morgan fingerprint density at radius 1 is 1.22 bits per heavy atom. The van der Waals surface area contributed by atoms with Gasteiger partial charge < -0.3 is 0 Å². The van der Waals surface area contributed by atoms with E-state index in [1.54, 1.807) is 0 Å². The Morgan fingerprint density at radius 2 is 1.67 bits per heavy atom. The van der Waals surface area contributed by atoms with E-state index in [2.05, 4.69) is 12.6 Å². The van der Waals surface area contributed by atoms with Gasteiger partial charge in [0.25, 0.3) is 0 Å². The molecule has 0 spiro atoms. The Kier molecular flexibility index (Phi) is 1.25. The lowest BCUT2D eigenvalue weighted by molar-refractivity contribution is -0.268. The van der Waals surface area contributed by atoms with Gasteiger partial charge >= 0.3 is 11.8 Å². The molecular weight excluding hydrogens is 156 g/mol. The third-order valence-electron chi connectivity index (χ3n) is 1.36. The Balaban J connectivity index is 2.70. The van der Waals surface area contributed by atoms with Gasteiger partial charge in [-0.25, -0.2) is 0 Å². The Bertz CT molecular complexity index is 133. The lowest BCUT2D eigenvalue weighted by Crippen LogP contribution is -2.59. The van der Waals surface area contributed by atoms with Crippen molar-refractivity contribution in [1.29, 1.82) is 0 Å².